The molecule has 0 radical (unpaired) electrons. The molecule has 1 saturated carbocycles. The zero-order valence-corrected chi connectivity index (χ0v) is 11.5. The van der Waals surface area contributed by atoms with Gasteiger partial charge in [0.25, 0.3) is 0 Å². The smallest absolute Gasteiger partial charge is 0.119 e. The third-order valence-corrected chi connectivity index (χ3v) is 3.57. The van der Waals surface area contributed by atoms with E-state index in [0.29, 0.717) is 6.10 Å². The molecule has 0 heterocycles. The summed E-state index contributed by atoms with van der Waals surface area (Å²) in [6.07, 6.45) is 7.05. The SMILES string of the molecule is CCCCCC(C)(O)c1ccc(OC2CC2)cc1. The highest BCUT2D eigenvalue weighted by molar-refractivity contribution is 5.30. The van der Waals surface area contributed by atoms with Crippen molar-refractivity contribution in [2.75, 3.05) is 0 Å². The summed E-state index contributed by atoms with van der Waals surface area (Å²) in [5.74, 6) is 0.922. The zero-order valence-electron chi connectivity index (χ0n) is 11.5. The molecule has 100 valence electrons. The fourth-order valence-electron chi connectivity index (χ4n) is 2.13. The van der Waals surface area contributed by atoms with Crippen molar-refractivity contribution in [3.63, 3.8) is 0 Å². The van der Waals surface area contributed by atoms with Gasteiger partial charge in [-0.05, 0) is 43.9 Å². The van der Waals surface area contributed by atoms with Gasteiger partial charge in [0.2, 0.25) is 0 Å². The van der Waals surface area contributed by atoms with Crippen molar-refractivity contribution in [3.05, 3.63) is 29.8 Å². The summed E-state index contributed by atoms with van der Waals surface area (Å²) in [7, 11) is 0. The number of hydrogen-bond donors (Lipinski definition) is 1. The van der Waals surface area contributed by atoms with Gasteiger partial charge in [-0.3, -0.25) is 0 Å². The molecule has 1 N–H and O–H groups in total. The molecule has 1 fully saturated rings. The first kappa shape index (κ1) is 13.4. The Morgan fingerprint density at radius 3 is 2.44 bits per heavy atom. The first-order valence-electron chi connectivity index (χ1n) is 7.11. The lowest BCUT2D eigenvalue weighted by Gasteiger charge is -2.24. The standard InChI is InChI=1S/C16H24O2/c1-3-4-5-12-16(2,17)13-6-8-14(9-7-13)18-15-10-11-15/h6-9,15,17H,3-5,10-12H2,1-2H3. The van der Waals surface area contributed by atoms with Crippen LogP contribution < -0.4 is 4.74 Å². The van der Waals surface area contributed by atoms with E-state index in [2.05, 4.69) is 6.92 Å². The maximum atomic E-state index is 10.5. The second-order valence-electron chi connectivity index (χ2n) is 5.57. The van der Waals surface area contributed by atoms with E-state index in [1.165, 1.54) is 25.7 Å². The van der Waals surface area contributed by atoms with E-state index in [0.717, 1.165) is 24.2 Å². The van der Waals surface area contributed by atoms with Crippen LogP contribution in [0.2, 0.25) is 0 Å². The molecule has 1 atom stereocenters. The van der Waals surface area contributed by atoms with E-state index in [1.807, 2.05) is 31.2 Å². The summed E-state index contributed by atoms with van der Waals surface area (Å²) >= 11 is 0. The number of benzene rings is 1. The van der Waals surface area contributed by atoms with Crippen molar-refractivity contribution in [1.82, 2.24) is 0 Å². The monoisotopic (exact) mass is 248 g/mol. The van der Waals surface area contributed by atoms with Crippen molar-refractivity contribution in [1.29, 1.82) is 0 Å². The summed E-state index contributed by atoms with van der Waals surface area (Å²) in [5, 5.41) is 10.5. The van der Waals surface area contributed by atoms with Crippen molar-refractivity contribution < 1.29 is 9.84 Å². The molecule has 2 heteroatoms. The zero-order chi connectivity index (χ0) is 13.0. The van der Waals surface area contributed by atoms with Crippen LogP contribution in [0, 0.1) is 0 Å². The molecule has 1 aromatic carbocycles. The molecular weight excluding hydrogens is 224 g/mol. The molecule has 0 bridgehead atoms. The Balaban J connectivity index is 1.93. The van der Waals surface area contributed by atoms with Crippen LogP contribution in [0.4, 0.5) is 0 Å². The van der Waals surface area contributed by atoms with E-state index in [4.69, 9.17) is 4.74 Å². The molecule has 18 heavy (non-hydrogen) atoms. The van der Waals surface area contributed by atoms with Gasteiger partial charge in [0.1, 0.15) is 5.75 Å². The molecule has 2 nitrogen and oxygen atoms in total. The van der Waals surface area contributed by atoms with Gasteiger partial charge in [0, 0.05) is 0 Å². The molecule has 1 aliphatic rings. The molecule has 0 aliphatic heterocycles. The number of ether oxygens (including phenoxy) is 1. The van der Waals surface area contributed by atoms with E-state index < -0.39 is 5.60 Å². The van der Waals surface area contributed by atoms with Crippen molar-refractivity contribution in [3.8, 4) is 5.75 Å². The predicted molar refractivity (Wildman–Crippen MR) is 73.8 cm³/mol. The molecule has 2 rings (SSSR count). The molecule has 1 aromatic rings. The first-order chi connectivity index (χ1) is 8.62. The molecule has 0 spiro atoms. The van der Waals surface area contributed by atoms with E-state index in [1.54, 1.807) is 0 Å². The van der Waals surface area contributed by atoms with Gasteiger partial charge < -0.3 is 9.84 Å². The lowest BCUT2D eigenvalue weighted by atomic mass is 9.90. The van der Waals surface area contributed by atoms with Crippen LogP contribution in [-0.4, -0.2) is 11.2 Å². The van der Waals surface area contributed by atoms with Gasteiger partial charge in [0.15, 0.2) is 0 Å². The number of aliphatic hydroxyl groups is 1. The summed E-state index contributed by atoms with van der Waals surface area (Å²) in [6.45, 7) is 4.08. The van der Waals surface area contributed by atoms with Gasteiger partial charge >= 0.3 is 0 Å². The maximum Gasteiger partial charge on any atom is 0.119 e. The van der Waals surface area contributed by atoms with Crippen LogP contribution in [0.5, 0.6) is 5.75 Å². The summed E-state index contributed by atoms with van der Waals surface area (Å²) in [5.41, 5.74) is 0.273. The highest BCUT2D eigenvalue weighted by atomic mass is 16.5. The Kier molecular flexibility index (Phi) is 4.28. The number of rotatable bonds is 7. The van der Waals surface area contributed by atoms with E-state index in [-0.39, 0.29) is 0 Å². The minimum atomic E-state index is -0.715. The van der Waals surface area contributed by atoms with Crippen LogP contribution >= 0.6 is 0 Å². The highest BCUT2D eigenvalue weighted by Gasteiger charge is 2.25. The second kappa shape index (κ2) is 5.75. The van der Waals surface area contributed by atoms with Gasteiger partial charge in [-0.1, -0.05) is 38.3 Å². The van der Waals surface area contributed by atoms with Crippen LogP contribution in [0.15, 0.2) is 24.3 Å². The van der Waals surface area contributed by atoms with Crippen molar-refractivity contribution in [2.45, 2.75) is 64.1 Å². The van der Waals surface area contributed by atoms with Crippen molar-refractivity contribution >= 4 is 0 Å². The number of hydrogen-bond acceptors (Lipinski definition) is 2. The minimum Gasteiger partial charge on any atom is -0.490 e. The normalized spacial score (nSPS) is 18.4. The third kappa shape index (κ3) is 3.74. The second-order valence-corrected chi connectivity index (χ2v) is 5.57. The lowest BCUT2D eigenvalue weighted by molar-refractivity contribution is 0.0449. The maximum absolute atomic E-state index is 10.5. The molecule has 0 saturated heterocycles. The summed E-state index contributed by atoms with van der Waals surface area (Å²) in [4.78, 5) is 0. The van der Waals surface area contributed by atoms with Crippen LogP contribution in [0.3, 0.4) is 0 Å². The topological polar surface area (TPSA) is 29.5 Å². The predicted octanol–water partition coefficient (Wildman–Crippen LogP) is 4.02. The average Bonchev–Trinajstić information content (AvgIpc) is 3.14. The van der Waals surface area contributed by atoms with Gasteiger partial charge in [-0.2, -0.15) is 0 Å². The lowest BCUT2D eigenvalue weighted by Crippen LogP contribution is -2.20. The van der Waals surface area contributed by atoms with Gasteiger partial charge in [-0.25, -0.2) is 0 Å². The summed E-state index contributed by atoms with van der Waals surface area (Å²) < 4.78 is 5.71. The van der Waals surface area contributed by atoms with Crippen molar-refractivity contribution in [2.24, 2.45) is 0 Å². The molecule has 1 aliphatic carbocycles. The van der Waals surface area contributed by atoms with Crippen LogP contribution in [-0.2, 0) is 5.60 Å². The molecule has 1 unspecified atom stereocenters. The fourth-order valence-corrected chi connectivity index (χ4v) is 2.13. The number of unbranched alkanes of at least 4 members (excludes halogenated alkanes) is 2. The Bertz CT molecular complexity index is 363. The molecular formula is C16H24O2. The Labute approximate surface area is 110 Å². The third-order valence-electron chi connectivity index (χ3n) is 3.57. The van der Waals surface area contributed by atoms with Crippen LogP contribution in [0.25, 0.3) is 0 Å². The van der Waals surface area contributed by atoms with Gasteiger partial charge in [0.05, 0.1) is 11.7 Å². The Morgan fingerprint density at radius 1 is 1.22 bits per heavy atom. The van der Waals surface area contributed by atoms with Gasteiger partial charge in [-0.15, -0.1) is 0 Å². The molecule has 0 aromatic heterocycles. The Hall–Kier alpha value is -1.02. The van der Waals surface area contributed by atoms with E-state index >= 15 is 0 Å². The largest absolute Gasteiger partial charge is 0.490 e. The average molecular weight is 248 g/mol. The highest BCUT2D eigenvalue weighted by Crippen LogP contribution is 2.30. The molecule has 0 amide bonds. The first-order valence-corrected chi connectivity index (χ1v) is 7.11. The minimum absolute atomic E-state index is 0.431. The summed E-state index contributed by atoms with van der Waals surface area (Å²) in [6, 6.07) is 7.93. The van der Waals surface area contributed by atoms with E-state index in [9.17, 15) is 5.11 Å². The quantitative estimate of drug-likeness (QED) is 0.739. The van der Waals surface area contributed by atoms with Crippen LogP contribution in [0.1, 0.15) is 57.9 Å². The fraction of sp³-hybridized carbons (Fsp3) is 0.625. The Morgan fingerprint density at radius 2 is 1.89 bits per heavy atom.